The number of rotatable bonds is 4. The Balaban J connectivity index is 2.83. The van der Waals surface area contributed by atoms with Crippen molar-refractivity contribution < 1.29 is 9.90 Å². The first-order chi connectivity index (χ1) is 9.47. The maximum Gasteiger partial charge on any atom is 0.354 e. The number of aryl methyl sites for hydroxylation is 2. The fraction of sp³-hybridized carbons (Fsp3) is 0.250. The molecule has 0 saturated carbocycles. The van der Waals surface area contributed by atoms with Crippen molar-refractivity contribution in [1.29, 1.82) is 0 Å². The van der Waals surface area contributed by atoms with E-state index in [1.54, 1.807) is 4.57 Å². The Kier molecular flexibility index (Phi) is 3.74. The molecule has 0 radical (unpaired) electrons. The number of aromatic nitrogens is 2. The molecule has 0 amide bonds. The van der Waals surface area contributed by atoms with Gasteiger partial charge in [0.05, 0.1) is 11.9 Å². The van der Waals surface area contributed by atoms with Crippen LogP contribution in [-0.4, -0.2) is 20.6 Å². The first kappa shape index (κ1) is 14.1. The van der Waals surface area contributed by atoms with Crippen LogP contribution in [0.3, 0.4) is 0 Å². The summed E-state index contributed by atoms with van der Waals surface area (Å²) in [5.74, 6) is -0.243. The Labute approximate surface area is 118 Å². The molecule has 1 N–H and O–H groups in total. The van der Waals surface area contributed by atoms with Crippen molar-refractivity contribution in [2.24, 2.45) is 0 Å². The van der Waals surface area contributed by atoms with E-state index in [0.717, 1.165) is 28.2 Å². The zero-order chi connectivity index (χ0) is 14.9. The number of allylic oxidation sites excluding steroid dienone is 1. The lowest BCUT2D eigenvalue weighted by Crippen LogP contribution is -2.12. The van der Waals surface area contributed by atoms with Gasteiger partial charge in [0.1, 0.15) is 5.82 Å². The predicted octanol–water partition coefficient (Wildman–Crippen LogP) is 3.47. The van der Waals surface area contributed by atoms with Gasteiger partial charge in [-0.1, -0.05) is 31.7 Å². The lowest BCUT2D eigenvalue weighted by molar-refractivity contribution is 0.0688. The highest BCUT2D eigenvalue weighted by Gasteiger charge is 2.19. The molecule has 4 heteroatoms. The molecule has 2 rings (SSSR count). The van der Waals surface area contributed by atoms with Crippen LogP contribution in [0.15, 0.2) is 31.0 Å². The Morgan fingerprint density at radius 1 is 1.45 bits per heavy atom. The minimum atomic E-state index is -0.979. The van der Waals surface area contributed by atoms with Gasteiger partial charge in [-0.2, -0.15) is 0 Å². The Morgan fingerprint density at radius 3 is 2.70 bits per heavy atom. The summed E-state index contributed by atoms with van der Waals surface area (Å²) in [5, 5.41) is 9.37. The van der Waals surface area contributed by atoms with Crippen LogP contribution in [0.1, 0.15) is 41.3 Å². The maximum absolute atomic E-state index is 11.4. The quantitative estimate of drug-likeness (QED) is 0.925. The summed E-state index contributed by atoms with van der Waals surface area (Å²) in [7, 11) is 0. The predicted molar refractivity (Wildman–Crippen MR) is 79.3 cm³/mol. The van der Waals surface area contributed by atoms with Crippen LogP contribution in [0.25, 0.3) is 11.3 Å². The van der Waals surface area contributed by atoms with Gasteiger partial charge < -0.3 is 5.11 Å². The molecule has 1 aromatic carbocycles. The largest absolute Gasteiger partial charge is 0.477 e. The number of carbonyl (C=O) groups is 1. The van der Waals surface area contributed by atoms with E-state index in [-0.39, 0.29) is 5.69 Å². The number of imidazole rings is 1. The lowest BCUT2D eigenvalue weighted by Gasteiger charge is -2.17. The number of hydrogen-bond donors (Lipinski definition) is 1. The maximum atomic E-state index is 11.4. The summed E-state index contributed by atoms with van der Waals surface area (Å²) in [6, 6.07) is 5.87. The van der Waals surface area contributed by atoms with Gasteiger partial charge in [-0.3, -0.25) is 4.57 Å². The van der Waals surface area contributed by atoms with E-state index >= 15 is 0 Å². The number of aromatic carboxylic acids is 1. The van der Waals surface area contributed by atoms with Crippen molar-refractivity contribution in [2.45, 2.75) is 27.2 Å². The van der Waals surface area contributed by atoms with Crippen molar-refractivity contribution >= 4 is 11.5 Å². The molecule has 0 spiro atoms. The standard InChI is InChI=1S/C16H18N2O2/c1-5-14-17-9-13(16(19)20)18(14)15-11(4)7-6-8-12(15)10(2)3/h6-9H,2,5H2,1,3-4H3,(H,19,20). The number of carboxylic acid groups (broad SMARTS) is 1. The summed E-state index contributed by atoms with van der Waals surface area (Å²) < 4.78 is 1.72. The van der Waals surface area contributed by atoms with Crippen LogP contribution in [0.4, 0.5) is 0 Å². The molecule has 1 heterocycles. The lowest BCUT2D eigenvalue weighted by atomic mass is 10.0. The third-order valence-electron chi connectivity index (χ3n) is 3.29. The fourth-order valence-corrected chi connectivity index (χ4v) is 2.34. The first-order valence-electron chi connectivity index (χ1n) is 6.53. The summed E-state index contributed by atoms with van der Waals surface area (Å²) in [4.78, 5) is 15.7. The van der Waals surface area contributed by atoms with Gasteiger partial charge in [0, 0.05) is 12.0 Å². The van der Waals surface area contributed by atoms with Crippen molar-refractivity contribution in [3.05, 3.63) is 53.6 Å². The highest BCUT2D eigenvalue weighted by atomic mass is 16.4. The summed E-state index contributed by atoms with van der Waals surface area (Å²) >= 11 is 0. The van der Waals surface area contributed by atoms with E-state index in [1.165, 1.54) is 6.20 Å². The van der Waals surface area contributed by atoms with Gasteiger partial charge >= 0.3 is 5.97 Å². The van der Waals surface area contributed by atoms with Crippen LogP contribution in [-0.2, 0) is 6.42 Å². The number of carboxylic acids is 1. The third-order valence-corrected chi connectivity index (χ3v) is 3.29. The average Bonchev–Trinajstić information content (AvgIpc) is 2.81. The molecule has 0 fully saturated rings. The fourth-order valence-electron chi connectivity index (χ4n) is 2.34. The molecular weight excluding hydrogens is 252 g/mol. The van der Waals surface area contributed by atoms with E-state index in [0.29, 0.717) is 6.42 Å². The van der Waals surface area contributed by atoms with Crippen LogP contribution < -0.4 is 0 Å². The highest BCUT2D eigenvalue weighted by Crippen LogP contribution is 2.27. The molecule has 20 heavy (non-hydrogen) atoms. The molecule has 0 aliphatic carbocycles. The van der Waals surface area contributed by atoms with E-state index in [4.69, 9.17) is 0 Å². The van der Waals surface area contributed by atoms with Crippen molar-refractivity contribution in [2.75, 3.05) is 0 Å². The number of nitrogens with zero attached hydrogens (tertiary/aromatic N) is 2. The zero-order valence-corrected chi connectivity index (χ0v) is 12.0. The van der Waals surface area contributed by atoms with E-state index in [2.05, 4.69) is 11.6 Å². The van der Waals surface area contributed by atoms with Gasteiger partial charge in [-0.25, -0.2) is 9.78 Å². The highest BCUT2D eigenvalue weighted by molar-refractivity contribution is 5.87. The second kappa shape index (κ2) is 5.33. The Hall–Kier alpha value is -2.36. The molecule has 2 aromatic rings. The number of hydrogen-bond acceptors (Lipinski definition) is 2. The Bertz CT molecular complexity index is 684. The number of benzene rings is 1. The van der Waals surface area contributed by atoms with Crippen molar-refractivity contribution in [3.63, 3.8) is 0 Å². The monoisotopic (exact) mass is 270 g/mol. The second-order valence-corrected chi connectivity index (χ2v) is 4.81. The van der Waals surface area contributed by atoms with Gasteiger partial charge in [-0.15, -0.1) is 0 Å². The molecular formula is C16H18N2O2. The topological polar surface area (TPSA) is 55.1 Å². The minimum absolute atomic E-state index is 0.179. The summed E-state index contributed by atoms with van der Waals surface area (Å²) in [6.45, 7) is 9.83. The minimum Gasteiger partial charge on any atom is -0.477 e. The van der Waals surface area contributed by atoms with Gasteiger partial charge in [0.25, 0.3) is 0 Å². The molecule has 0 aliphatic rings. The molecule has 4 nitrogen and oxygen atoms in total. The van der Waals surface area contributed by atoms with E-state index < -0.39 is 5.97 Å². The number of para-hydroxylation sites is 1. The van der Waals surface area contributed by atoms with Crippen LogP contribution >= 0.6 is 0 Å². The second-order valence-electron chi connectivity index (χ2n) is 4.81. The van der Waals surface area contributed by atoms with Gasteiger partial charge in [0.2, 0.25) is 0 Å². The molecule has 0 aliphatic heterocycles. The molecule has 0 atom stereocenters. The smallest absolute Gasteiger partial charge is 0.354 e. The third kappa shape index (κ3) is 2.25. The normalized spacial score (nSPS) is 10.6. The average molecular weight is 270 g/mol. The Morgan fingerprint density at radius 2 is 2.15 bits per heavy atom. The zero-order valence-electron chi connectivity index (χ0n) is 12.0. The van der Waals surface area contributed by atoms with Gasteiger partial charge in [-0.05, 0) is 25.0 Å². The van der Waals surface area contributed by atoms with Gasteiger partial charge in [0.15, 0.2) is 5.69 Å². The van der Waals surface area contributed by atoms with Crippen molar-refractivity contribution in [3.8, 4) is 5.69 Å². The van der Waals surface area contributed by atoms with E-state index in [9.17, 15) is 9.90 Å². The van der Waals surface area contributed by atoms with Crippen LogP contribution in [0.5, 0.6) is 0 Å². The molecule has 1 aromatic heterocycles. The SMILES string of the molecule is C=C(C)c1cccc(C)c1-n1c(C(=O)O)cnc1CC. The molecule has 0 bridgehead atoms. The summed E-state index contributed by atoms with van der Waals surface area (Å²) in [6.07, 6.45) is 2.08. The van der Waals surface area contributed by atoms with E-state index in [1.807, 2.05) is 39.0 Å². The van der Waals surface area contributed by atoms with Crippen LogP contribution in [0, 0.1) is 6.92 Å². The van der Waals surface area contributed by atoms with Crippen molar-refractivity contribution in [1.82, 2.24) is 9.55 Å². The summed E-state index contributed by atoms with van der Waals surface area (Å²) in [5.41, 5.74) is 3.88. The molecule has 0 saturated heterocycles. The van der Waals surface area contributed by atoms with Crippen LogP contribution in [0.2, 0.25) is 0 Å². The first-order valence-corrected chi connectivity index (χ1v) is 6.53. The molecule has 0 unspecified atom stereocenters. The molecule has 104 valence electrons.